The molecule has 1 aromatic carbocycles. The van der Waals surface area contributed by atoms with Crippen LogP contribution in [-0.4, -0.2) is 21.7 Å². The van der Waals surface area contributed by atoms with E-state index in [4.69, 9.17) is 10.8 Å². The molecule has 88 valence electrons. The van der Waals surface area contributed by atoms with Crippen molar-refractivity contribution in [1.82, 2.24) is 0 Å². The maximum Gasteiger partial charge on any atom is 0.277 e. The lowest BCUT2D eigenvalue weighted by Gasteiger charge is -2.13. The standard InChI is InChI=1S/C10H14N2O4/c1-6-2-3-8(12(15)16)9(10(6)14)7(11)4-5-13/h2-3,7,13-14H,4-5,11H2,1H3/t7-/m0/s1. The average molecular weight is 226 g/mol. The summed E-state index contributed by atoms with van der Waals surface area (Å²) in [4.78, 5) is 10.2. The largest absolute Gasteiger partial charge is 0.507 e. The van der Waals surface area contributed by atoms with Crippen LogP contribution in [0.25, 0.3) is 0 Å². The highest BCUT2D eigenvalue weighted by atomic mass is 16.6. The molecule has 0 aromatic heterocycles. The highest BCUT2D eigenvalue weighted by Gasteiger charge is 2.24. The van der Waals surface area contributed by atoms with Gasteiger partial charge in [0, 0.05) is 18.7 Å². The number of phenols is 1. The van der Waals surface area contributed by atoms with Crippen molar-refractivity contribution >= 4 is 5.69 Å². The highest BCUT2D eigenvalue weighted by Crippen LogP contribution is 2.35. The van der Waals surface area contributed by atoms with Crippen LogP contribution >= 0.6 is 0 Å². The summed E-state index contributed by atoms with van der Waals surface area (Å²) in [6, 6.07) is 2.02. The maximum absolute atomic E-state index is 10.8. The Bertz CT molecular complexity index is 406. The molecule has 16 heavy (non-hydrogen) atoms. The van der Waals surface area contributed by atoms with Gasteiger partial charge in [-0.3, -0.25) is 10.1 Å². The zero-order valence-corrected chi connectivity index (χ0v) is 8.88. The predicted molar refractivity (Wildman–Crippen MR) is 58.1 cm³/mol. The molecule has 0 aliphatic heterocycles. The summed E-state index contributed by atoms with van der Waals surface area (Å²) < 4.78 is 0. The van der Waals surface area contributed by atoms with Crippen LogP contribution in [0, 0.1) is 17.0 Å². The smallest absolute Gasteiger partial charge is 0.277 e. The number of aliphatic hydroxyl groups is 1. The third kappa shape index (κ3) is 2.29. The Hall–Kier alpha value is -1.66. The van der Waals surface area contributed by atoms with Gasteiger partial charge < -0.3 is 15.9 Å². The van der Waals surface area contributed by atoms with Gasteiger partial charge in [0.2, 0.25) is 0 Å². The maximum atomic E-state index is 10.8. The first-order valence-electron chi connectivity index (χ1n) is 4.82. The topological polar surface area (TPSA) is 110 Å². The molecule has 0 bridgehead atoms. The van der Waals surface area contributed by atoms with Gasteiger partial charge in [-0.15, -0.1) is 0 Å². The Morgan fingerprint density at radius 2 is 2.19 bits per heavy atom. The molecule has 1 atom stereocenters. The van der Waals surface area contributed by atoms with Gasteiger partial charge in [0.25, 0.3) is 5.69 Å². The van der Waals surface area contributed by atoms with Crippen LogP contribution in [-0.2, 0) is 0 Å². The molecule has 0 aliphatic rings. The van der Waals surface area contributed by atoms with Crippen molar-refractivity contribution < 1.29 is 15.1 Å². The Balaban J connectivity index is 3.31. The summed E-state index contributed by atoms with van der Waals surface area (Å²) in [6.45, 7) is 1.44. The number of nitrogens with zero attached hydrogens (tertiary/aromatic N) is 1. The summed E-state index contributed by atoms with van der Waals surface area (Å²) in [7, 11) is 0. The molecule has 4 N–H and O–H groups in total. The quantitative estimate of drug-likeness (QED) is 0.524. The van der Waals surface area contributed by atoms with Crippen LogP contribution < -0.4 is 5.73 Å². The van der Waals surface area contributed by atoms with E-state index in [9.17, 15) is 15.2 Å². The zero-order chi connectivity index (χ0) is 12.3. The third-order valence-corrected chi connectivity index (χ3v) is 2.40. The van der Waals surface area contributed by atoms with Gasteiger partial charge in [-0.2, -0.15) is 0 Å². The van der Waals surface area contributed by atoms with E-state index in [1.807, 2.05) is 0 Å². The van der Waals surface area contributed by atoms with Crippen LogP contribution in [0.2, 0.25) is 0 Å². The minimum Gasteiger partial charge on any atom is -0.507 e. The normalized spacial score (nSPS) is 12.4. The van der Waals surface area contributed by atoms with Crippen molar-refractivity contribution in [1.29, 1.82) is 0 Å². The fourth-order valence-electron chi connectivity index (χ4n) is 1.51. The van der Waals surface area contributed by atoms with Crippen LogP contribution in [0.15, 0.2) is 12.1 Å². The fourth-order valence-corrected chi connectivity index (χ4v) is 1.51. The van der Waals surface area contributed by atoms with E-state index in [2.05, 4.69) is 0 Å². The van der Waals surface area contributed by atoms with Gasteiger partial charge >= 0.3 is 0 Å². The first-order valence-corrected chi connectivity index (χ1v) is 4.82. The number of hydrogen-bond donors (Lipinski definition) is 3. The molecule has 6 nitrogen and oxygen atoms in total. The second-order valence-electron chi connectivity index (χ2n) is 3.54. The molecule has 0 saturated heterocycles. The molecule has 0 radical (unpaired) electrons. The van der Waals surface area contributed by atoms with Crippen molar-refractivity contribution in [3.63, 3.8) is 0 Å². The Morgan fingerprint density at radius 3 is 2.69 bits per heavy atom. The first-order chi connectivity index (χ1) is 7.49. The van der Waals surface area contributed by atoms with Gasteiger partial charge in [0.15, 0.2) is 0 Å². The third-order valence-electron chi connectivity index (χ3n) is 2.40. The first kappa shape index (κ1) is 12.4. The molecule has 0 saturated carbocycles. The lowest BCUT2D eigenvalue weighted by molar-refractivity contribution is -0.385. The second-order valence-corrected chi connectivity index (χ2v) is 3.54. The molecular weight excluding hydrogens is 212 g/mol. The van der Waals surface area contributed by atoms with E-state index in [1.54, 1.807) is 6.92 Å². The van der Waals surface area contributed by atoms with Crippen LogP contribution in [0.3, 0.4) is 0 Å². The summed E-state index contributed by atoms with van der Waals surface area (Å²) in [5, 5.41) is 29.3. The van der Waals surface area contributed by atoms with Gasteiger partial charge in [0.05, 0.1) is 10.5 Å². The number of hydrogen-bond acceptors (Lipinski definition) is 5. The van der Waals surface area contributed by atoms with E-state index in [-0.39, 0.29) is 30.0 Å². The van der Waals surface area contributed by atoms with Crippen LogP contribution in [0.5, 0.6) is 5.75 Å². The molecule has 1 aromatic rings. The molecule has 1 rings (SSSR count). The van der Waals surface area contributed by atoms with E-state index >= 15 is 0 Å². The minimum atomic E-state index is -0.745. The van der Waals surface area contributed by atoms with Gasteiger partial charge in [-0.05, 0) is 25.0 Å². The zero-order valence-electron chi connectivity index (χ0n) is 8.88. The van der Waals surface area contributed by atoms with E-state index in [0.717, 1.165) is 0 Å². The van der Waals surface area contributed by atoms with Crippen LogP contribution in [0.1, 0.15) is 23.6 Å². The summed E-state index contributed by atoms with van der Waals surface area (Å²) in [5.74, 6) is -0.171. The van der Waals surface area contributed by atoms with Gasteiger partial charge in [-0.25, -0.2) is 0 Å². The number of aryl methyl sites for hydroxylation is 1. The Kier molecular flexibility index (Phi) is 3.81. The fraction of sp³-hybridized carbons (Fsp3) is 0.400. The number of aliphatic hydroxyl groups excluding tert-OH is 1. The highest BCUT2D eigenvalue weighted by molar-refractivity contribution is 5.54. The van der Waals surface area contributed by atoms with Gasteiger partial charge in [0.1, 0.15) is 5.75 Å². The second kappa shape index (κ2) is 4.91. The summed E-state index contributed by atoms with van der Waals surface area (Å²) in [5.41, 5.74) is 6.08. The van der Waals surface area contributed by atoms with Crippen molar-refractivity contribution in [2.75, 3.05) is 6.61 Å². The number of phenolic OH excluding ortho intramolecular Hbond substituents is 1. The lowest BCUT2D eigenvalue weighted by Crippen LogP contribution is -2.14. The lowest BCUT2D eigenvalue weighted by atomic mass is 9.99. The SMILES string of the molecule is Cc1ccc([N+](=O)[O-])c([C@@H](N)CCO)c1O. The molecular formula is C10H14N2O4. The van der Waals surface area contributed by atoms with E-state index < -0.39 is 11.0 Å². The number of benzene rings is 1. The molecule has 0 fully saturated rings. The molecule has 0 amide bonds. The Labute approximate surface area is 92.5 Å². The number of rotatable bonds is 4. The monoisotopic (exact) mass is 226 g/mol. The summed E-state index contributed by atoms with van der Waals surface area (Å²) in [6.07, 6.45) is 0.165. The van der Waals surface area contributed by atoms with E-state index in [1.165, 1.54) is 12.1 Å². The minimum absolute atomic E-state index is 0.0825. The number of nitro groups is 1. The number of aromatic hydroxyl groups is 1. The predicted octanol–water partition coefficient (Wildman–Crippen LogP) is 0.991. The van der Waals surface area contributed by atoms with Gasteiger partial charge in [-0.1, -0.05) is 0 Å². The van der Waals surface area contributed by atoms with Crippen LogP contribution in [0.4, 0.5) is 5.69 Å². The average Bonchev–Trinajstić information content (AvgIpc) is 2.21. The molecule has 0 spiro atoms. The van der Waals surface area contributed by atoms with Crippen molar-refractivity contribution in [3.05, 3.63) is 33.4 Å². The molecule has 6 heteroatoms. The van der Waals surface area contributed by atoms with Crippen molar-refractivity contribution in [3.8, 4) is 5.75 Å². The van der Waals surface area contributed by atoms with Crippen molar-refractivity contribution in [2.45, 2.75) is 19.4 Å². The Morgan fingerprint density at radius 1 is 1.56 bits per heavy atom. The number of nitrogens with two attached hydrogens (primary N) is 1. The molecule has 0 aliphatic carbocycles. The summed E-state index contributed by atoms with van der Waals surface area (Å²) >= 11 is 0. The van der Waals surface area contributed by atoms with E-state index in [0.29, 0.717) is 5.56 Å². The van der Waals surface area contributed by atoms with Crippen molar-refractivity contribution in [2.24, 2.45) is 5.73 Å². The molecule has 0 unspecified atom stereocenters. The molecule has 0 heterocycles. The number of nitro benzene ring substituents is 1.